The SMILES string of the molecule is Cc1cncc(C(=O)Nc2nc3cccc(C)c3n2[C@@H]2CCCCN(C(=O)C=CCN(C)C)C2)c1. The summed E-state index contributed by atoms with van der Waals surface area (Å²) in [6.45, 7) is 5.98. The predicted octanol–water partition coefficient (Wildman–Crippen LogP) is 3.97. The van der Waals surface area contributed by atoms with Crippen molar-refractivity contribution in [1.82, 2.24) is 24.3 Å². The fraction of sp³-hybridized carbons (Fsp3) is 0.407. The summed E-state index contributed by atoms with van der Waals surface area (Å²) in [5.74, 6) is 0.281. The minimum atomic E-state index is -0.247. The maximum absolute atomic E-state index is 13.1. The van der Waals surface area contributed by atoms with Gasteiger partial charge in [0, 0.05) is 38.1 Å². The topological polar surface area (TPSA) is 83.4 Å². The average molecular weight is 475 g/mol. The summed E-state index contributed by atoms with van der Waals surface area (Å²) in [7, 11) is 3.96. The first-order valence-corrected chi connectivity index (χ1v) is 12.1. The highest BCUT2D eigenvalue weighted by atomic mass is 16.2. The standard InChI is InChI=1S/C27H34N6O2/c1-19-15-21(17-28-16-19)26(35)30-27-29-23-11-7-9-20(2)25(23)33(27)22-10-5-6-14-32(18-22)24(34)12-8-13-31(3)4/h7-9,11-12,15-17,22H,5-6,10,13-14,18H2,1-4H3,(H,29,30,35)/t22-/m1/s1. The number of hydrogen-bond acceptors (Lipinski definition) is 5. The van der Waals surface area contributed by atoms with Crippen molar-refractivity contribution in [3.63, 3.8) is 0 Å². The molecule has 1 aromatic carbocycles. The van der Waals surface area contributed by atoms with Crippen LogP contribution in [0.2, 0.25) is 0 Å². The predicted molar refractivity (Wildman–Crippen MR) is 139 cm³/mol. The second-order valence-corrected chi connectivity index (χ2v) is 9.55. The van der Waals surface area contributed by atoms with E-state index >= 15 is 0 Å². The van der Waals surface area contributed by atoms with Crippen molar-refractivity contribution in [2.45, 2.75) is 39.2 Å². The van der Waals surface area contributed by atoms with Crippen LogP contribution in [0.1, 0.15) is 46.8 Å². The zero-order chi connectivity index (χ0) is 24.9. The van der Waals surface area contributed by atoms with E-state index in [-0.39, 0.29) is 17.9 Å². The van der Waals surface area contributed by atoms with Crippen molar-refractivity contribution in [2.24, 2.45) is 0 Å². The summed E-state index contributed by atoms with van der Waals surface area (Å²) in [5.41, 5.74) is 4.32. The van der Waals surface area contributed by atoms with E-state index in [0.29, 0.717) is 18.1 Å². The molecule has 0 radical (unpaired) electrons. The molecule has 0 spiro atoms. The lowest BCUT2D eigenvalue weighted by Crippen LogP contribution is -2.35. The lowest BCUT2D eigenvalue weighted by atomic mass is 10.1. The molecule has 35 heavy (non-hydrogen) atoms. The van der Waals surface area contributed by atoms with Crippen LogP contribution in [0.25, 0.3) is 11.0 Å². The van der Waals surface area contributed by atoms with Crippen molar-refractivity contribution in [2.75, 3.05) is 39.0 Å². The third kappa shape index (κ3) is 5.77. The van der Waals surface area contributed by atoms with Crippen molar-refractivity contribution in [1.29, 1.82) is 0 Å². The van der Waals surface area contributed by atoms with Gasteiger partial charge >= 0.3 is 0 Å². The van der Waals surface area contributed by atoms with Crippen LogP contribution in [0.4, 0.5) is 5.95 Å². The number of benzene rings is 1. The molecule has 0 bridgehead atoms. The highest BCUT2D eigenvalue weighted by molar-refractivity contribution is 6.04. The van der Waals surface area contributed by atoms with Crippen LogP contribution < -0.4 is 5.32 Å². The second kappa shape index (κ2) is 10.8. The molecule has 1 fully saturated rings. The number of hydrogen-bond donors (Lipinski definition) is 1. The number of nitrogens with zero attached hydrogens (tertiary/aromatic N) is 5. The number of likely N-dealkylation sites (N-methyl/N-ethyl adjacent to an activating group) is 1. The molecule has 2 amide bonds. The van der Waals surface area contributed by atoms with Crippen LogP contribution >= 0.6 is 0 Å². The molecule has 3 aromatic rings. The maximum Gasteiger partial charge on any atom is 0.259 e. The zero-order valence-corrected chi connectivity index (χ0v) is 21.0. The summed E-state index contributed by atoms with van der Waals surface area (Å²) in [6.07, 6.45) is 9.71. The molecular formula is C27H34N6O2. The highest BCUT2D eigenvalue weighted by Crippen LogP contribution is 2.32. The van der Waals surface area contributed by atoms with E-state index in [1.807, 2.05) is 55.1 Å². The molecule has 1 aliphatic heterocycles. The number of anilines is 1. The van der Waals surface area contributed by atoms with Gasteiger partial charge in [-0.15, -0.1) is 0 Å². The Balaban J connectivity index is 1.68. The van der Waals surface area contributed by atoms with Crippen molar-refractivity contribution < 1.29 is 9.59 Å². The Hall–Kier alpha value is -3.52. The van der Waals surface area contributed by atoms with Gasteiger partial charge in [0.25, 0.3) is 5.91 Å². The Labute approximate surface area is 206 Å². The summed E-state index contributed by atoms with van der Waals surface area (Å²) >= 11 is 0. The number of carbonyl (C=O) groups excluding carboxylic acids is 2. The molecule has 0 aliphatic carbocycles. The van der Waals surface area contributed by atoms with Gasteiger partial charge in [0.05, 0.1) is 22.6 Å². The molecule has 184 valence electrons. The van der Waals surface area contributed by atoms with Gasteiger partial charge in [-0.1, -0.05) is 18.2 Å². The summed E-state index contributed by atoms with van der Waals surface area (Å²) in [6, 6.07) is 7.81. The largest absolute Gasteiger partial charge is 0.337 e. The van der Waals surface area contributed by atoms with Crippen LogP contribution in [-0.2, 0) is 4.79 Å². The number of aromatic nitrogens is 3. The Bertz CT molecular complexity index is 1250. The van der Waals surface area contributed by atoms with Gasteiger partial charge in [-0.05, 0) is 70.5 Å². The number of carbonyl (C=O) groups is 2. The molecule has 4 rings (SSSR count). The van der Waals surface area contributed by atoms with E-state index in [1.54, 1.807) is 18.5 Å². The van der Waals surface area contributed by atoms with Crippen LogP contribution in [-0.4, -0.2) is 69.9 Å². The van der Waals surface area contributed by atoms with Crippen molar-refractivity contribution >= 4 is 28.8 Å². The molecular weight excluding hydrogens is 440 g/mol. The summed E-state index contributed by atoms with van der Waals surface area (Å²) < 4.78 is 2.13. The van der Waals surface area contributed by atoms with Gasteiger partial charge in [0.1, 0.15) is 0 Å². The Kier molecular flexibility index (Phi) is 7.60. The van der Waals surface area contributed by atoms with E-state index in [9.17, 15) is 9.59 Å². The van der Waals surface area contributed by atoms with Crippen LogP contribution in [0.5, 0.6) is 0 Å². The Morgan fingerprint density at radius 2 is 2.03 bits per heavy atom. The number of rotatable bonds is 6. The van der Waals surface area contributed by atoms with Crippen LogP contribution in [0.3, 0.4) is 0 Å². The van der Waals surface area contributed by atoms with Gasteiger partial charge in [-0.25, -0.2) is 4.98 Å². The van der Waals surface area contributed by atoms with Gasteiger partial charge in [-0.3, -0.25) is 19.9 Å². The normalized spacial score (nSPS) is 16.7. The molecule has 0 saturated carbocycles. The number of para-hydroxylation sites is 1. The van der Waals surface area contributed by atoms with Crippen LogP contribution in [0.15, 0.2) is 48.8 Å². The van der Waals surface area contributed by atoms with Gasteiger partial charge in [-0.2, -0.15) is 0 Å². The number of pyridine rings is 1. The molecule has 8 nitrogen and oxygen atoms in total. The number of likely N-dealkylation sites (tertiary alicyclic amines) is 1. The molecule has 1 aliphatic rings. The molecule has 3 heterocycles. The number of amides is 2. The lowest BCUT2D eigenvalue weighted by Gasteiger charge is -2.26. The second-order valence-electron chi connectivity index (χ2n) is 9.55. The van der Waals surface area contributed by atoms with Gasteiger partial charge in [0.2, 0.25) is 11.9 Å². The van der Waals surface area contributed by atoms with E-state index in [4.69, 9.17) is 4.98 Å². The average Bonchev–Trinajstić information content (AvgIpc) is 3.01. The molecule has 1 atom stereocenters. The molecule has 2 aromatic heterocycles. The van der Waals surface area contributed by atoms with E-state index in [0.717, 1.165) is 54.5 Å². The fourth-order valence-corrected chi connectivity index (χ4v) is 4.62. The fourth-order valence-electron chi connectivity index (χ4n) is 4.62. The van der Waals surface area contributed by atoms with Crippen molar-refractivity contribution in [3.05, 3.63) is 65.5 Å². The van der Waals surface area contributed by atoms with E-state index in [2.05, 4.69) is 27.9 Å². The number of nitrogens with one attached hydrogen (secondary N) is 1. The number of fused-ring (bicyclic) bond motifs is 1. The highest BCUT2D eigenvalue weighted by Gasteiger charge is 2.27. The van der Waals surface area contributed by atoms with Crippen LogP contribution in [0, 0.1) is 13.8 Å². The van der Waals surface area contributed by atoms with E-state index in [1.165, 1.54) is 0 Å². The number of aryl methyl sites for hydroxylation is 2. The van der Waals surface area contributed by atoms with Crippen molar-refractivity contribution in [3.8, 4) is 0 Å². The number of imidazole rings is 1. The lowest BCUT2D eigenvalue weighted by molar-refractivity contribution is -0.126. The monoisotopic (exact) mass is 474 g/mol. The Morgan fingerprint density at radius 1 is 1.20 bits per heavy atom. The minimum Gasteiger partial charge on any atom is -0.337 e. The molecule has 1 N–H and O–H groups in total. The Morgan fingerprint density at radius 3 is 2.80 bits per heavy atom. The first-order valence-electron chi connectivity index (χ1n) is 12.1. The molecule has 8 heteroatoms. The van der Waals surface area contributed by atoms with E-state index < -0.39 is 0 Å². The van der Waals surface area contributed by atoms with Gasteiger partial charge < -0.3 is 14.4 Å². The first-order chi connectivity index (χ1) is 16.8. The quantitative estimate of drug-likeness (QED) is 0.547. The molecule has 1 saturated heterocycles. The maximum atomic E-state index is 13.1. The summed E-state index contributed by atoms with van der Waals surface area (Å²) in [4.78, 5) is 39.0. The molecule has 0 unspecified atom stereocenters. The third-order valence-corrected chi connectivity index (χ3v) is 6.33. The summed E-state index contributed by atoms with van der Waals surface area (Å²) in [5, 5.41) is 3.03. The smallest absolute Gasteiger partial charge is 0.259 e. The minimum absolute atomic E-state index is 0.000679. The third-order valence-electron chi connectivity index (χ3n) is 6.33. The van der Waals surface area contributed by atoms with Gasteiger partial charge in [0.15, 0.2) is 0 Å². The first kappa shape index (κ1) is 24.6. The zero-order valence-electron chi connectivity index (χ0n) is 21.0.